The number of hydrogen-bond donors (Lipinski definition) is 2. The Balaban J connectivity index is 1.58. The Hall–Kier alpha value is -2.51. The lowest BCUT2D eigenvalue weighted by Gasteiger charge is -2.33. The Morgan fingerprint density at radius 2 is 1.88 bits per heavy atom. The average Bonchev–Trinajstić information content (AvgIpc) is 3.27. The Morgan fingerprint density at radius 3 is 2.47 bits per heavy atom. The van der Waals surface area contributed by atoms with Gasteiger partial charge in [-0.05, 0) is 49.4 Å². The number of piperidine rings is 1. The average molecular weight is 480 g/mol. The lowest BCUT2D eigenvalue weighted by atomic mass is 10.00. The predicted octanol–water partition coefficient (Wildman–Crippen LogP) is 4.15. The van der Waals surface area contributed by atoms with Crippen molar-refractivity contribution in [1.29, 1.82) is 0 Å². The molecule has 1 aliphatic heterocycles. The van der Waals surface area contributed by atoms with E-state index >= 15 is 0 Å². The molecule has 0 spiro atoms. The molecule has 2 N–H and O–H groups in total. The zero-order chi connectivity index (χ0) is 23.3. The molecule has 9 heteroatoms. The summed E-state index contributed by atoms with van der Waals surface area (Å²) in [5.41, 5.74) is 0.789. The summed E-state index contributed by atoms with van der Waals surface area (Å²) in [4.78, 5) is 39.9. The van der Waals surface area contributed by atoms with Crippen molar-refractivity contribution < 1.29 is 18.8 Å². The molecule has 0 aliphatic carbocycles. The van der Waals surface area contributed by atoms with Gasteiger partial charge in [0.25, 0.3) is 11.8 Å². The third kappa shape index (κ3) is 6.26. The Labute approximate surface area is 197 Å². The molecule has 1 aromatic carbocycles. The van der Waals surface area contributed by atoms with Gasteiger partial charge in [0.15, 0.2) is 0 Å². The molecule has 1 atom stereocenters. The van der Waals surface area contributed by atoms with Gasteiger partial charge in [-0.15, -0.1) is 0 Å². The van der Waals surface area contributed by atoms with Crippen molar-refractivity contribution in [3.05, 3.63) is 58.0 Å². The van der Waals surface area contributed by atoms with Crippen LogP contribution in [0.5, 0.6) is 0 Å². The maximum absolute atomic E-state index is 13.0. The SMILES string of the molecule is CC(C)C[C@@H](NC(=O)c1ccc(Cl)cc1Cl)C(=O)NC1CCN(C(=O)c2ccoc2)CC1. The Bertz CT molecular complexity index is 954. The summed E-state index contributed by atoms with van der Waals surface area (Å²) in [7, 11) is 0. The molecule has 1 saturated heterocycles. The van der Waals surface area contributed by atoms with Gasteiger partial charge in [-0.1, -0.05) is 37.0 Å². The van der Waals surface area contributed by atoms with Gasteiger partial charge in [-0.3, -0.25) is 14.4 Å². The molecule has 3 amide bonds. The van der Waals surface area contributed by atoms with Crippen molar-refractivity contribution >= 4 is 40.9 Å². The third-order valence-corrected chi connectivity index (χ3v) is 5.95. The second-order valence-corrected chi connectivity index (χ2v) is 9.21. The number of likely N-dealkylation sites (tertiary alicyclic amines) is 1. The fourth-order valence-electron chi connectivity index (χ4n) is 3.71. The first-order valence-electron chi connectivity index (χ1n) is 10.6. The number of furan rings is 1. The predicted molar refractivity (Wildman–Crippen MR) is 123 cm³/mol. The maximum atomic E-state index is 13.0. The van der Waals surface area contributed by atoms with Crippen LogP contribution in [-0.4, -0.2) is 47.8 Å². The lowest BCUT2D eigenvalue weighted by Crippen LogP contribution is -2.53. The van der Waals surface area contributed by atoms with Crippen molar-refractivity contribution in [2.75, 3.05) is 13.1 Å². The van der Waals surface area contributed by atoms with Gasteiger partial charge in [0.05, 0.1) is 22.4 Å². The first-order valence-corrected chi connectivity index (χ1v) is 11.4. The maximum Gasteiger partial charge on any atom is 0.257 e. The van der Waals surface area contributed by atoms with E-state index in [9.17, 15) is 14.4 Å². The van der Waals surface area contributed by atoms with E-state index in [4.69, 9.17) is 27.6 Å². The molecule has 0 saturated carbocycles. The van der Waals surface area contributed by atoms with E-state index in [1.165, 1.54) is 24.7 Å². The van der Waals surface area contributed by atoms with E-state index in [0.29, 0.717) is 42.9 Å². The molecular weight excluding hydrogens is 453 g/mol. The van der Waals surface area contributed by atoms with Crippen LogP contribution in [0.4, 0.5) is 0 Å². The summed E-state index contributed by atoms with van der Waals surface area (Å²) in [5.74, 6) is -0.542. The minimum absolute atomic E-state index is 0.0680. The van der Waals surface area contributed by atoms with Crippen LogP contribution in [0, 0.1) is 5.92 Å². The van der Waals surface area contributed by atoms with E-state index in [-0.39, 0.29) is 34.4 Å². The number of benzene rings is 1. The van der Waals surface area contributed by atoms with Gasteiger partial charge in [0.2, 0.25) is 5.91 Å². The van der Waals surface area contributed by atoms with Gasteiger partial charge in [0, 0.05) is 24.2 Å². The molecule has 1 aliphatic rings. The van der Waals surface area contributed by atoms with Gasteiger partial charge in [0.1, 0.15) is 12.3 Å². The summed E-state index contributed by atoms with van der Waals surface area (Å²) in [6.45, 7) is 5.05. The molecule has 0 unspecified atom stereocenters. The number of rotatable bonds is 7. The zero-order valence-electron chi connectivity index (χ0n) is 18.1. The second kappa shape index (κ2) is 10.9. The van der Waals surface area contributed by atoms with Crippen LogP contribution in [0.3, 0.4) is 0 Å². The van der Waals surface area contributed by atoms with Gasteiger partial charge in [-0.25, -0.2) is 0 Å². The van der Waals surface area contributed by atoms with Crippen LogP contribution in [0.15, 0.2) is 41.2 Å². The van der Waals surface area contributed by atoms with Gasteiger partial charge >= 0.3 is 0 Å². The first kappa shape index (κ1) is 24.1. The zero-order valence-corrected chi connectivity index (χ0v) is 19.6. The molecule has 2 aromatic rings. The number of hydrogen-bond acceptors (Lipinski definition) is 4. The van der Waals surface area contributed by atoms with E-state index in [1.807, 2.05) is 13.8 Å². The van der Waals surface area contributed by atoms with E-state index in [1.54, 1.807) is 17.0 Å². The van der Waals surface area contributed by atoms with Crippen LogP contribution >= 0.6 is 23.2 Å². The normalized spacial score (nSPS) is 15.5. The minimum atomic E-state index is -0.695. The molecule has 7 nitrogen and oxygen atoms in total. The van der Waals surface area contributed by atoms with Crippen LogP contribution in [0.25, 0.3) is 0 Å². The van der Waals surface area contributed by atoms with Crippen molar-refractivity contribution in [3.63, 3.8) is 0 Å². The van der Waals surface area contributed by atoms with Crippen molar-refractivity contribution in [3.8, 4) is 0 Å². The molecule has 3 rings (SSSR count). The highest BCUT2D eigenvalue weighted by molar-refractivity contribution is 6.36. The topological polar surface area (TPSA) is 91.7 Å². The smallest absolute Gasteiger partial charge is 0.257 e. The number of carbonyl (C=O) groups is 3. The summed E-state index contributed by atoms with van der Waals surface area (Å²) < 4.78 is 4.98. The molecule has 32 heavy (non-hydrogen) atoms. The number of carbonyl (C=O) groups excluding carboxylic acids is 3. The molecule has 0 radical (unpaired) electrons. The molecule has 1 aromatic heterocycles. The number of amides is 3. The molecule has 1 fully saturated rings. The number of nitrogens with zero attached hydrogens (tertiary/aromatic N) is 1. The summed E-state index contributed by atoms with van der Waals surface area (Å²) >= 11 is 12.0. The van der Waals surface area contributed by atoms with Crippen molar-refractivity contribution in [1.82, 2.24) is 15.5 Å². The molecule has 2 heterocycles. The quantitative estimate of drug-likeness (QED) is 0.623. The minimum Gasteiger partial charge on any atom is -0.472 e. The van der Waals surface area contributed by atoms with E-state index < -0.39 is 11.9 Å². The molecular formula is C23H27Cl2N3O4. The molecule has 172 valence electrons. The largest absolute Gasteiger partial charge is 0.472 e. The fraction of sp³-hybridized carbons (Fsp3) is 0.435. The Kier molecular flexibility index (Phi) is 8.21. The van der Waals surface area contributed by atoms with Crippen molar-refractivity contribution in [2.45, 2.75) is 45.2 Å². The van der Waals surface area contributed by atoms with Gasteiger partial charge < -0.3 is 20.0 Å². The standard InChI is InChI=1S/C23H27Cl2N3O4/c1-14(2)11-20(27-21(29)18-4-3-16(24)12-19(18)25)22(30)26-17-5-8-28(9-6-17)23(31)15-7-10-32-13-15/h3-4,7,10,12-14,17,20H,5-6,8-9,11H2,1-2H3,(H,26,30)(H,27,29)/t20-/m1/s1. The summed E-state index contributed by atoms with van der Waals surface area (Å²) in [5, 5.41) is 6.50. The highest BCUT2D eigenvalue weighted by Gasteiger charge is 2.29. The van der Waals surface area contributed by atoms with E-state index in [2.05, 4.69) is 10.6 Å². The lowest BCUT2D eigenvalue weighted by molar-refractivity contribution is -0.124. The van der Waals surface area contributed by atoms with Crippen LogP contribution < -0.4 is 10.6 Å². The van der Waals surface area contributed by atoms with E-state index in [0.717, 1.165) is 0 Å². The number of nitrogens with one attached hydrogen (secondary N) is 2. The third-order valence-electron chi connectivity index (χ3n) is 5.40. The highest BCUT2D eigenvalue weighted by atomic mass is 35.5. The highest BCUT2D eigenvalue weighted by Crippen LogP contribution is 2.21. The first-order chi connectivity index (χ1) is 15.2. The van der Waals surface area contributed by atoms with Crippen molar-refractivity contribution in [2.24, 2.45) is 5.92 Å². The fourth-order valence-corrected chi connectivity index (χ4v) is 4.20. The Morgan fingerprint density at radius 1 is 1.16 bits per heavy atom. The molecule has 0 bridgehead atoms. The second-order valence-electron chi connectivity index (χ2n) is 8.37. The van der Waals surface area contributed by atoms with Crippen LogP contribution in [0.1, 0.15) is 53.8 Å². The van der Waals surface area contributed by atoms with Crippen LogP contribution in [0.2, 0.25) is 10.0 Å². The summed E-state index contributed by atoms with van der Waals surface area (Å²) in [6, 6.07) is 5.49. The van der Waals surface area contributed by atoms with Gasteiger partial charge in [-0.2, -0.15) is 0 Å². The summed E-state index contributed by atoms with van der Waals surface area (Å²) in [6.07, 6.45) is 4.67. The van der Waals surface area contributed by atoms with Crippen LogP contribution in [-0.2, 0) is 4.79 Å². The number of halogens is 2. The monoisotopic (exact) mass is 479 g/mol.